The van der Waals surface area contributed by atoms with Gasteiger partial charge in [0.25, 0.3) is 0 Å². The number of aromatic nitrogens is 1. The molecule has 3 nitrogen and oxygen atoms in total. The predicted molar refractivity (Wildman–Crippen MR) is 61.6 cm³/mol. The highest BCUT2D eigenvalue weighted by atomic mass is 32.2. The lowest BCUT2D eigenvalue weighted by Gasteiger charge is -2.02. The summed E-state index contributed by atoms with van der Waals surface area (Å²) < 4.78 is 1.06. The minimum absolute atomic E-state index is 0.391. The van der Waals surface area contributed by atoms with Gasteiger partial charge >= 0.3 is 0 Å². The molecular weight excluding hydrogens is 216 g/mol. The van der Waals surface area contributed by atoms with Gasteiger partial charge in [-0.25, -0.2) is 4.98 Å². The molecule has 0 amide bonds. The monoisotopic (exact) mass is 226 g/mol. The number of thiazole rings is 1. The normalized spacial score (nSPS) is 13.3. The molecule has 0 bridgehead atoms. The standard InChI is InChI=1S/C9H10N2OS2/c1-5(12)13-6-2-3-7-8(4-6)14-9(10)11-7/h2-5,12H,1H3,(H2,10,11). The van der Waals surface area contributed by atoms with Gasteiger partial charge in [-0.3, -0.25) is 0 Å². The van der Waals surface area contributed by atoms with Gasteiger partial charge in [0.15, 0.2) is 5.13 Å². The van der Waals surface area contributed by atoms with Crippen molar-refractivity contribution in [2.45, 2.75) is 17.3 Å². The molecule has 5 heteroatoms. The van der Waals surface area contributed by atoms with Crippen molar-refractivity contribution < 1.29 is 5.11 Å². The zero-order valence-corrected chi connectivity index (χ0v) is 9.23. The van der Waals surface area contributed by atoms with E-state index in [4.69, 9.17) is 5.73 Å². The highest BCUT2D eigenvalue weighted by Gasteiger charge is 2.04. The first-order valence-electron chi connectivity index (χ1n) is 4.16. The maximum Gasteiger partial charge on any atom is 0.181 e. The first kappa shape index (κ1) is 9.76. The lowest BCUT2D eigenvalue weighted by atomic mass is 10.3. The first-order chi connectivity index (χ1) is 6.65. The Hall–Kier alpha value is -0.780. The largest absolute Gasteiger partial charge is 0.382 e. The summed E-state index contributed by atoms with van der Waals surface area (Å²) in [6.07, 6.45) is 0. The molecule has 0 aliphatic carbocycles. The van der Waals surface area contributed by atoms with Gasteiger partial charge in [0, 0.05) is 4.90 Å². The van der Waals surface area contributed by atoms with Crippen molar-refractivity contribution in [1.29, 1.82) is 0 Å². The SMILES string of the molecule is CC(O)Sc1ccc2nc(N)sc2c1. The number of nitrogens with two attached hydrogens (primary N) is 1. The van der Waals surface area contributed by atoms with E-state index in [0.717, 1.165) is 15.1 Å². The minimum Gasteiger partial charge on any atom is -0.382 e. The number of fused-ring (bicyclic) bond motifs is 1. The number of hydrogen-bond donors (Lipinski definition) is 2. The van der Waals surface area contributed by atoms with Gasteiger partial charge in [-0.15, -0.1) is 0 Å². The fourth-order valence-electron chi connectivity index (χ4n) is 1.19. The van der Waals surface area contributed by atoms with E-state index in [0.29, 0.717) is 5.13 Å². The number of nitrogen functional groups attached to an aromatic ring is 1. The molecule has 1 atom stereocenters. The molecular formula is C9H10N2OS2. The van der Waals surface area contributed by atoms with Crippen LogP contribution in [0.3, 0.4) is 0 Å². The lowest BCUT2D eigenvalue weighted by Crippen LogP contribution is -1.90. The zero-order valence-electron chi connectivity index (χ0n) is 7.60. The van der Waals surface area contributed by atoms with Crippen molar-refractivity contribution in [3.05, 3.63) is 18.2 Å². The van der Waals surface area contributed by atoms with Crippen LogP contribution in [-0.2, 0) is 0 Å². The molecule has 1 unspecified atom stereocenters. The van der Waals surface area contributed by atoms with Crippen molar-refractivity contribution in [2.75, 3.05) is 5.73 Å². The summed E-state index contributed by atoms with van der Waals surface area (Å²) in [5, 5.41) is 9.79. The van der Waals surface area contributed by atoms with Gasteiger partial charge in [0.2, 0.25) is 0 Å². The van der Waals surface area contributed by atoms with E-state index in [1.165, 1.54) is 23.1 Å². The Balaban J connectivity index is 2.40. The quantitative estimate of drug-likeness (QED) is 0.609. The molecule has 0 spiro atoms. The fraction of sp³-hybridized carbons (Fsp3) is 0.222. The Labute approximate surface area is 90.0 Å². The maximum atomic E-state index is 9.21. The van der Waals surface area contributed by atoms with Crippen LogP contribution in [0, 0.1) is 0 Å². The first-order valence-corrected chi connectivity index (χ1v) is 5.85. The van der Waals surface area contributed by atoms with Gasteiger partial charge in [0.05, 0.1) is 10.2 Å². The third-order valence-corrected chi connectivity index (χ3v) is 3.40. The summed E-state index contributed by atoms with van der Waals surface area (Å²) in [4.78, 5) is 5.20. The highest BCUT2D eigenvalue weighted by molar-refractivity contribution is 7.99. The minimum atomic E-state index is -0.391. The van der Waals surface area contributed by atoms with Gasteiger partial charge < -0.3 is 10.8 Å². The molecule has 0 saturated heterocycles. The predicted octanol–water partition coefficient (Wildman–Crippen LogP) is 2.31. The summed E-state index contributed by atoms with van der Waals surface area (Å²) in [5.41, 5.74) is 6.12. The van der Waals surface area contributed by atoms with Crippen LogP contribution in [-0.4, -0.2) is 15.5 Å². The Kier molecular flexibility index (Phi) is 2.62. The van der Waals surface area contributed by atoms with Gasteiger partial charge in [-0.2, -0.15) is 0 Å². The van der Waals surface area contributed by atoms with E-state index in [1.807, 2.05) is 18.2 Å². The smallest absolute Gasteiger partial charge is 0.181 e. The lowest BCUT2D eigenvalue weighted by molar-refractivity contribution is 0.284. The molecule has 0 fully saturated rings. The van der Waals surface area contributed by atoms with Crippen LogP contribution < -0.4 is 5.73 Å². The van der Waals surface area contributed by atoms with Gasteiger partial charge in [-0.05, 0) is 25.1 Å². The van der Waals surface area contributed by atoms with Crippen LogP contribution in [0.25, 0.3) is 10.2 Å². The number of hydrogen-bond acceptors (Lipinski definition) is 5. The second-order valence-electron chi connectivity index (χ2n) is 2.90. The molecule has 1 aromatic carbocycles. The summed E-state index contributed by atoms with van der Waals surface area (Å²) in [6.45, 7) is 1.75. The third kappa shape index (κ3) is 2.00. The summed E-state index contributed by atoms with van der Waals surface area (Å²) >= 11 is 2.88. The molecule has 0 aliphatic heterocycles. The Morgan fingerprint density at radius 2 is 2.36 bits per heavy atom. The third-order valence-electron chi connectivity index (χ3n) is 1.68. The number of benzene rings is 1. The Bertz CT molecular complexity index is 453. The highest BCUT2D eigenvalue weighted by Crippen LogP contribution is 2.29. The van der Waals surface area contributed by atoms with E-state index in [-0.39, 0.29) is 0 Å². The Morgan fingerprint density at radius 3 is 3.07 bits per heavy atom. The number of nitrogens with zero attached hydrogens (tertiary/aromatic N) is 1. The van der Waals surface area contributed by atoms with Gasteiger partial charge in [-0.1, -0.05) is 23.1 Å². The van der Waals surface area contributed by atoms with Crippen LogP contribution in [0.2, 0.25) is 0 Å². The Morgan fingerprint density at radius 1 is 1.57 bits per heavy atom. The van der Waals surface area contributed by atoms with E-state index >= 15 is 0 Å². The maximum absolute atomic E-state index is 9.21. The van der Waals surface area contributed by atoms with Crippen molar-refractivity contribution in [2.24, 2.45) is 0 Å². The molecule has 2 aromatic rings. The molecule has 0 aliphatic rings. The second-order valence-corrected chi connectivity index (χ2v) is 5.35. The molecule has 0 radical (unpaired) electrons. The number of rotatable bonds is 2. The van der Waals surface area contributed by atoms with Gasteiger partial charge in [0.1, 0.15) is 5.44 Å². The number of aliphatic hydroxyl groups is 1. The zero-order chi connectivity index (χ0) is 10.1. The van der Waals surface area contributed by atoms with Crippen molar-refractivity contribution in [3.63, 3.8) is 0 Å². The van der Waals surface area contributed by atoms with E-state index in [9.17, 15) is 5.11 Å². The summed E-state index contributed by atoms with van der Waals surface area (Å²) in [5.74, 6) is 0. The summed E-state index contributed by atoms with van der Waals surface area (Å²) in [7, 11) is 0. The topological polar surface area (TPSA) is 59.1 Å². The number of thioether (sulfide) groups is 1. The number of aliphatic hydroxyl groups excluding tert-OH is 1. The van der Waals surface area contributed by atoms with Crippen LogP contribution in [0.5, 0.6) is 0 Å². The average Bonchev–Trinajstić information content (AvgIpc) is 2.42. The van der Waals surface area contributed by atoms with E-state index in [1.54, 1.807) is 6.92 Å². The van der Waals surface area contributed by atoms with Crippen molar-refractivity contribution in [1.82, 2.24) is 4.98 Å². The molecule has 14 heavy (non-hydrogen) atoms. The van der Waals surface area contributed by atoms with Crippen molar-refractivity contribution in [3.8, 4) is 0 Å². The van der Waals surface area contributed by atoms with Crippen molar-refractivity contribution >= 4 is 38.4 Å². The molecule has 74 valence electrons. The summed E-state index contributed by atoms with van der Waals surface area (Å²) in [6, 6.07) is 5.87. The molecule has 3 N–H and O–H groups in total. The molecule has 1 aromatic heterocycles. The van der Waals surface area contributed by atoms with E-state index < -0.39 is 5.44 Å². The van der Waals surface area contributed by atoms with E-state index in [2.05, 4.69) is 4.98 Å². The molecule has 2 rings (SSSR count). The van der Waals surface area contributed by atoms with Crippen LogP contribution >= 0.6 is 23.1 Å². The van der Waals surface area contributed by atoms with Crippen LogP contribution in [0.4, 0.5) is 5.13 Å². The van der Waals surface area contributed by atoms with Crippen LogP contribution in [0.15, 0.2) is 23.1 Å². The molecule has 0 saturated carbocycles. The number of anilines is 1. The second kappa shape index (κ2) is 3.76. The van der Waals surface area contributed by atoms with Crippen LogP contribution in [0.1, 0.15) is 6.92 Å². The molecule has 1 heterocycles. The average molecular weight is 226 g/mol. The fourth-order valence-corrected chi connectivity index (χ4v) is 2.77.